The van der Waals surface area contributed by atoms with Gasteiger partial charge < -0.3 is 15.2 Å². The molecule has 0 radical (unpaired) electrons. The third-order valence-corrected chi connectivity index (χ3v) is 2.81. The van der Waals surface area contributed by atoms with Crippen molar-refractivity contribution >= 4 is 11.6 Å². The molecule has 0 bridgehead atoms. The second-order valence-electron chi connectivity index (χ2n) is 4.34. The molecule has 0 saturated carbocycles. The summed E-state index contributed by atoms with van der Waals surface area (Å²) in [6.07, 6.45) is 0. The van der Waals surface area contributed by atoms with Gasteiger partial charge in [0.25, 0.3) is 0 Å². The molecule has 2 aromatic rings. The first-order valence-electron chi connectivity index (χ1n) is 6.40. The van der Waals surface area contributed by atoms with Crippen LogP contribution in [0.15, 0.2) is 54.6 Å². The SMILES string of the molecule is O=C(COCc1ccccc1)Nc1ccccc1CO. The number of hydrogen-bond donors (Lipinski definition) is 2. The minimum Gasteiger partial charge on any atom is -0.392 e. The van der Waals surface area contributed by atoms with Gasteiger partial charge in [0.05, 0.1) is 13.2 Å². The monoisotopic (exact) mass is 271 g/mol. The highest BCUT2D eigenvalue weighted by atomic mass is 16.5. The van der Waals surface area contributed by atoms with E-state index in [0.717, 1.165) is 5.56 Å². The van der Waals surface area contributed by atoms with Gasteiger partial charge >= 0.3 is 0 Å². The lowest BCUT2D eigenvalue weighted by atomic mass is 10.2. The number of amides is 1. The van der Waals surface area contributed by atoms with Gasteiger partial charge in [-0.15, -0.1) is 0 Å². The van der Waals surface area contributed by atoms with Crippen LogP contribution in [0, 0.1) is 0 Å². The van der Waals surface area contributed by atoms with Crippen molar-refractivity contribution in [2.45, 2.75) is 13.2 Å². The average molecular weight is 271 g/mol. The van der Waals surface area contributed by atoms with E-state index in [1.165, 1.54) is 0 Å². The maximum absolute atomic E-state index is 11.8. The van der Waals surface area contributed by atoms with E-state index in [1.54, 1.807) is 18.2 Å². The highest BCUT2D eigenvalue weighted by Gasteiger charge is 2.06. The predicted octanol–water partition coefficient (Wildman–Crippen LogP) is 2.33. The van der Waals surface area contributed by atoms with Gasteiger partial charge in [-0.1, -0.05) is 48.5 Å². The van der Waals surface area contributed by atoms with Gasteiger partial charge in [0.2, 0.25) is 5.91 Å². The van der Waals surface area contributed by atoms with Crippen LogP contribution >= 0.6 is 0 Å². The largest absolute Gasteiger partial charge is 0.392 e. The van der Waals surface area contributed by atoms with E-state index in [-0.39, 0.29) is 19.1 Å². The summed E-state index contributed by atoms with van der Waals surface area (Å²) in [6, 6.07) is 16.8. The molecular formula is C16H17NO3. The molecule has 0 aromatic heterocycles. The molecule has 2 aromatic carbocycles. The zero-order valence-electron chi connectivity index (χ0n) is 11.1. The molecule has 0 aliphatic carbocycles. The summed E-state index contributed by atoms with van der Waals surface area (Å²) in [6.45, 7) is 0.270. The number of carbonyl (C=O) groups is 1. The Kier molecular flexibility index (Phi) is 5.29. The number of para-hydroxylation sites is 1. The molecule has 0 aliphatic rings. The van der Waals surface area contributed by atoms with Crippen LogP contribution in [0.5, 0.6) is 0 Å². The molecule has 0 saturated heterocycles. The Morgan fingerprint density at radius 1 is 1.05 bits per heavy atom. The number of anilines is 1. The van der Waals surface area contributed by atoms with Crippen LogP contribution in [0.25, 0.3) is 0 Å². The summed E-state index contributed by atoms with van der Waals surface area (Å²) in [5.74, 6) is -0.234. The normalized spacial score (nSPS) is 10.2. The van der Waals surface area contributed by atoms with Crippen LogP contribution in [0.3, 0.4) is 0 Å². The predicted molar refractivity (Wildman–Crippen MR) is 77.1 cm³/mol. The summed E-state index contributed by atoms with van der Waals surface area (Å²) in [5, 5.41) is 11.9. The zero-order valence-corrected chi connectivity index (χ0v) is 11.1. The van der Waals surface area contributed by atoms with Gasteiger partial charge in [-0.25, -0.2) is 0 Å². The van der Waals surface area contributed by atoms with Crippen molar-refractivity contribution in [1.29, 1.82) is 0 Å². The molecule has 4 heteroatoms. The third kappa shape index (κ3) is 4.19. The fraction of sp³-hybridized carbons (Fsp3) is 0.188. The number of rotatable bonds is 6. The van der Waals surface area contributed by atoms with Crippen molar-refractivity contribution in [3.8, 4) is 0 Å². The van der Waals surface area contributed by atoms with Crippen molar-refractivity contribution in [1.82, 2.24) is 0 Å². The van der Waals surface area contributed by atoms with E-state index in [2.05, 4.69) is 5.32 Å². The first-order chi connectivity index (χ1) is 9.79. The van der Waals surface area contributed by atoms with Gasteiger partial charge in [-0.2, -0.15) is 0 Å². The molecule has 0 spiro atoms. The van der Waals surface area contributed by atoms with E-state index in [4.69, 9.17) is 4.74 Å². The highest BCUT2D eigenvalue weighted by molar-refractivity contribution is 5.92. The summed E-state index contributed by atoms with van der Waals surface area (Å²) in [7, 11) is 0. The summed E-state index contributed by atoms with van der Waals surface area (Å²) in [4.78, 5) is 11.8. The van der Waals surface area contributed by atoms with Crippen LogP contribution in [0.1, 0.15) is 11.1 Å². The number of benzene rings is 2. The zero-order chi connectivity index (χ0) is 14.2. The number of carbonyl (C=O) groups excluding carboxylic acids is 1. The molecule has 0 atom stereocenters. The van der Waals surface area contributed by atoms with E-state index in [1.807, 2.05) is 36.4 Å². The lowest BCUT2D eigenvalue weighted by molar-refractivity contribution is -0.121. The van der Waals surface area contributed by atoms with Gasteiger partial charge in [-0.05, 0) is 11.6 Å². The molecule has 2 rings (SSSR count). The van der Waals surface area contributed by atoms with Crippen LogP contribution in [0.2, 0.25) is 0 Å². The van der Waals surface area contributed by atoms with E-state index in [9.17, 15) is 9.90 Å². The minimum absolute atomic E-state index is 0.0192. The van der Waals surface area contributed by atoms with Crippen LogP contribution in [-0.2, 0) is 22.7 Å². The molecule has 0 aliphatic heterocycles. The maximum atomic E-state index is 11.8. The van der Waals surface area contributed by atoms with Gasteiger partial charge in [0.1, 0.15) is 6.61 Å². The van der Waals surface area contributed by atoms with Crippen molar-refractivity contribution in [3.63, 3.8) is 0 Å². The summed E-state index contributed by atoms with van der Waals surface area (Å²) < 4.78 is 5.35. The van der Waals surface area contributed by atoms with Crippen molar-refractivity contribution < 1.29 is 14.6 Å². The summed E-state index contributed by atoms with van der Waals surface area (Å²) >= 11 is 0. The molecule has 4 nitrogen and oxygen atoms in total. The Morgan fingerprint density at radius 2 is 1.75 bits per heavy atom. The van der Waals surface area contributed by atoms with Gasteiger partial charge in [-0.3, -0.25) is 4.79 Å². The molecular weight excluding hydrogens is 254 g/mol. The second kappa shape index (κ2) is 7.43. The highest BCUT2D eigenvalue weighted by Crippen LogP contribution is 2.14. The van der Waals surface area contributed by atoms with Crippen LogP contribution in [0.4, 0.5) is 5.69 Å². The van der Waals surface area contributed by atoms with E-state index < -0.39 is 0 Å². The Bertz CT molecular complexity index is 555. The molecule has 2 N–H and O–H groups in total. The number of aliphatic hydroxyl groups excluding tert-OH is 1. The van der Waals surface area contributed by atoms with Crippen molar-refractivity contribution in [3.05, 3.63) is 65.7 Å². The molecule has 20 heavy (non-hydrogen) atoms. The standard InChI is InChI=1S/C16H17NO3/c18-10-14-8-4-5-9-15(14)17-16(19)12-20-11-13-6-2-1-3-7-13/h1-9,18H,10-12H2,(H,17,19). The number of aliphatic hydroxyl groups is 1. The molecule has 0 fully saturated rings. The number of ether oxygens (including phenoxy) is 1. The molecule has 0 unspecified atom stereocenters. The fourth-order valence-electron chi connectivity index (χ4n) is 1.80. The van der Waals surface area contributed by atoms with Gasteiger partial charge in [0.15, 0.2) is 0 Å². The van der Waals surface area contributed by atoms with Crippen LogP contribution in [-0.4, -0.2) is 17.6 Å². The van der Waals surface area contributed by atoms with Crippen LogP contribution < -0.4 is 5.32 Å². The van der Waals surface area contributed by atoms with Crippen molar-refractivity contribution in [2.75, 3.05) is 11.9 Å². The Balaban J connectivity index is 1.81. The first kappa shape index (κ1) is 14.2. The average Bonchev–Trinajstić information content (AvgIpc) is 2.49. The van der Waals surface area contributed by atoms with Gasteiger partial charge in [0, 0.05) is 11.3 Å². The fourth-order valence-corrected chi connectivity index (χ4v) is 1.80. The summed E-state index contributed by atoms with van der Waals surface area (Å²) in [5.41, 5.74) is 2.32. The third-order valence-electron chi connectivity index (χ3n) is 2.81. The first-order valence-corrected chi connectivity index (χ1v) is 6.40. The topological polar surface area (TPSA) is 58.6 Å². The Hall–Kier alpha value is -2.17. The lowest BCUT2D eigenvalue weighted by Crippen LogP contribution is -2.19. The smallest absolute Gasteiger partial charge is 0.250 e. The van der Waals surface area contributed by atoms with Crippen molar-refractivity contribution in [2.24, 2.45) is 0 Å². The lowest BCUT2D eigenvalue weighted by Gasteiger charge is -2.09. The maximum Gasteiger partial charge on any atom is 0.250 e. The number of hydrogen-bond acceptors (Lipinski definition) is 3. The molecule has 0 heterocycles. The Labute approximate surface area is 118 Å². The van der Waals surface area contributed by atoms with E-state index in [0.29, 0.717) is 17.9 Å². The van der Waals surface area contributed by atoms with E-state index >= 15 is 0 Å². The second-order valence-corrected chi connectivity index (χ2v) is 4.34. The molecule has 1 amide bonds. The Morgan fingerprint density at radius 3 is 2.50 bits per heavy atom. The quantitative estimate of drug-likeness (QED) is 0.847. The minimum atomic E-state index is -0.234. The number of nitrogens with one attached hydrogen (secondary N) is 1. The molecule has 104 valence electrons.